The molecule has 0 saturated carbocycles. The van der Waals surface area contributed by atoms with Crippen LogP contribution in [0.4, 0.5) is 0 Å². The van der Waals surface area contributed by atoms with Gasteiger partial charge in [0.15, 0.2) is 0 Å². The summed E-state index contributed by atoms with van der Waals surface area (Å²) in [5, 5.41) is 14.0. The Labute approximate surface area is 99.9 Å². The molecule has 0 fully saturated rings. The zero-order valence-corrected chi connectivity index (χ0v) is 10.5. The Hall–Kier alpha value is -0.910. The molecule has 0 bridgehead atoms. The van der Waals surface area contributed by atoms with Crippen LogP contribution in [0.2, 0.25) is 0 Å². The summed E-state index contributed by atoms with van der Waals surface area (Å²) in [6.07, 6.45) is 1.07. The Balaban J connectivity index is 2.27. The lowest BCUT2D eigenvalue weighted by Gasteiger charge is -2.09. The van der Waals surface area contributed by atoms with E-state index in [0.29, 0.717) is 11.4 Å². The van der Waals surface area contributed by atoms with E-state index in [1.165, 1.54) is 11.3 Å². The van der Waals surface area contributed by atoms with Gasteiger partial charge in [-0.1, -0.05) is 0 Å². The highest BCUT2D eigenvalue weighted by atomic mass is 32.1. The van der Waals surface area contributed by atoms with Crippen LogP contribution in [-0.2, 0) is 6.54 Å². The van der Waals surface area contributed by atoms with Gasteiger partial charge in [-0.2, -0.15) is 0 Å². The summed E-state index contributed by atoms with van der Waals surface area (Å²) in [5.74, 6) is -0.833. The summed E-state index contributed by atoms with van der Waals surface area (Å²) in [4.78, 5) is 13.4. The van der Waals surface area contributed by atoms with Crippen molar-refractivity contribution in [3.05, 3.63) is 21.9 Å². The molecule has 0 amide bonds. The predicted octanol–water partition coefficient (Wildman–Crippen LogP) is 1.49. The van der Waals surface area contributed by atoms with E-state index in [9.17, 15) is 4.79 Å². The maximum atomic E-state index is 10.8. The van der Waals surface area contributed by atoms with E-state index < -0.39 is 5.97 Å². The van der Waals surface area contributed by atoms with Gasteiger partial charge in [0.05, 0.1) is 0 Å². The lowest BCUT2D eigenvalue weighted by Crippen LogP contribution is -2.21. The highest BCUT2D eigenvalue weighted by Gasteiger charge is 2.10. The number of carbonyl (C=O) groups is 1. The van der Waals surface area contributed by atoms with E-state index in [1.807, 2.05) is 25.5 Å². The summed E-state index contributed by atoms with van der Waals surface area (Å²) < 4.78 is 0. The zero-order chi connectivity index (χ0) is 12.0. The first kappa shape index (κ1) is 13.2. The van der Waals surface area contributed by atoms with Crippen LogP contribution in [0.5, 0.6) is 0 Å². The van der Waals surface area contributed by atoms with Crippen molar-refractivity contribution in [1.29, 1.82) is 0 Å². The third kappa shape index (κ3) is 4.30. The number of rotatable bonds is 7. The van der Waals surface area contributed by atoms with Gasteiger partial charge in [-0.05, 0) is 50.6 Å². The minimum Gasteiger partial charge on any atom is -0.477 e. The molecule has 1 rings (SSSR count). The topological polar surface area (TPSA) is 52.6 Å². The molecule has 0 spiro atoms. The first-order valence-corrected chi connectivity index (χ1v) is 6.14. The van der Waals surface area contributed by atoms with Crippen LogP contribution in [0, 0.1) is 0 Å². The molecule has 0 saturated heterocycles. The van der Waals surface area contributed by atoms with Gasteiger partial charge in [0.2, 0.25) is 0 Å². The second kappa shape index (κ2) is 6.62. The van der Waals surface area contributed by atoms with Gasteiger partial charge in [0.1, 0.15) is 4.88 Å². The first-order valence-electron chi connectivity index (χ1n) is 5.26. The number of carboxylic acid groups (broad SMARTS) is 1. The monoisotopic (exact) mass is 242 g/mol. The molecule has 0 aromatic carbocycles. The van der Waals surface area contributed by atoms with Crippen LogP contribution >= 0.6 is 11.3 Å². The number of carboxylic acids is 1. The molecule has 90 valence electrons. The second-order valence-corrected chi connectivity index (χ2v) is 4.83. The van der Waals surface area contributed by atoms with Crippen molar-refractivity contribution in [2.45, 2.75) is 13.0 Å². The molecule has 0 radical (unpaired) electrons. The number of hydrogen-bond donors (Lipinski definition) is 2. The van der Waals surface area contributed by atoms with Crippen LogP contribution in [0.15, 0.2) is 11.4 Å². The summed E-state index contributed by atoms with van der Waals surface area (Å²) in [5.41, 5.74) is 0.877. The van der Waals surface area contributed by atoms with Crippen molar-refractivity contribution in [2.75, 3.05) is 27.2 Å². The van der Waals surface area contributed by atoms with Crippen molar-refractivity contribution in [2.24, 2.45) is 0 Å². The number of nitrogens with zero attached hydrogens (tertiary/aromatic N) is 1. The van der Waals surface area contributed by atoms with Gasteiger partial charge in [0, 0.05) is 6.54 Å². The molecule has 0 aliphatic heterocycles. The van der Waals surface area contributed by atoms with E-state index in [0.717, 1.165) is 25.1 Å². The standard InChI is InChI=1S/C11H18N2O2S/c1-13(2)6-3-5-12-8-9-4-7-16-10(9)11(14)15/h4,7,12H,3,5-6,8H2,1-2H3,(H,14,15). The Kier molecular flexibility index (Phi) is 5.45. The van der Waals surface area contributed by atoms with Crippen molar-refractivity contribution in [3.8, 4) is 0 Å². The lowest BCUT2D eigenvalue weighted by atomic mass is 10.2. The fourth-order valence-electron chi connectivity index (χ4n) is 1.41. The van der Waals surface area contributed by atoms with E-state index in [1.54, 1.807) is 0 Å². The van der Waals surface area contributed by atoms with Gasteiger partial charge in [-0.25, -0.2) is 4.79 Å². The van der Waals surface area contributed by atoms with Gasteiger partial charge < -0.3 is 15.3 Å². The minimum atomic E-state index is -0.833. The largest absolute Gasteiger partial charge is 0.477 e. The Morgan fingerprint density at radius 3 is 2.94 bits per heavy atom. The van der Waals surface area contributed by atoms with Gasteiger partial charge in [-0.15, -0.1) is 11.3 Å². The summed E-state index contributed by atoms with van der Waals surface area (Å²) in [6, 6.07) is 1.87. The van der Waals surface area contributed by atoms with E-state index in [4.69, 9.17) is 5.11 Å². The maximum Gasteiger partial charge on any atom is 0.346 e. The minimum absolute atomic E-state index is 0.445. The van der Waals surface area contributed by atoms with E-state index in [2.05, 4.69) is 10.2 Å². The number of aromatic carboxylic acids is 1. The molecule has 0 atom stereocenters. The predicted molar refractivity (Wildman–Crippen MR) is 66.2 cm³/mol. The molecule has 2 N–H and O–H groups in total. The van der Waals surface area contributed by atoms with Gasteiger partial charge >= 0.3 is 5.97 Å². The molecule has 1 aromatic heterocycles. The van der Waals surface area contributed by atoms with Crippen molar-refractivity contribution >= 4 is 17.3 Å². The van der Waals surface area contributed by atoms with Crippen molar-refractivity contribution in [1.82, 2.24) is 10.2 Å². The van der Waals surface area contributed by atoms with Gasteiger partial charge in [-0.3, -0.25) is 0 Å². The zero-order valence-electron chi connectivity index (χ0n) is 9.69. The molecule has 5 heteroatoms. The third-order valence-electron chi connectivity index (χ3n) is 2.22. The smallest absolute Gasteiger partial charge is 0.346 e. The van der Waals surface area contributed by atoms with Crippen LogP contribution in [0.25, 0.3) is 0 Å². The maximum absolute atomic E-state index is 10.8. The Bertz CT molecular complexity index is 336. The van der Waals surface area contributed by atoms with Crippen LogP contribution in [0.1, 0.15) is 21.7 Å². The molecular formula is C11H18N2O2S. The fraction of sp³-hybridized carbons (Fsp3) is 0.545. The Morgan fingerprint density at radius 1 is 1.56 bits per heavy atom. The quantitative estimate of drug-likeness (QED) is 0.711. The molecule has 16 heavy (non-hydrogen) atoms. The lowest BCUT2D eigenvalue weighted by molar-refractivity contribution is 0.0701. The summed E-state index contributed by atoms with van der Waals surface area (Å²) >= 11 is 1.28. The third-order valence-corrected chi connectivity index (χ3v) is 3.16. The van der Waals surface area contributed by atoms with Crippen LogP contribution < -0.4 is 5.32 Å². The normalized spacial score (nSPS) is 10.9. The number of thiophene rings is 1. The highest BCUT2D eigenvalue weighted by molar-refractivity contribution is 7.12. The first-order chi connectivity index (χ1) is 7.61. The van der Waals surface area contributed by atoms with Crippen LogP contribution in [-0.4, -0.2) is 43.2 Å². The summed E-state index contributed by atoms with van der Waals surface area (Å²) in [7, 11) is 4.09. The molecule has 0 aliphatic rings. The average molecular weight is 242 g/mol. The molecule has 0 unspecified atom stereocenters. The molecule has 1 aromatic rings. The number of nitrogens with one attached hydrogen (secondary N) is 1. The molecule has 4 nitrogen and oxygen atoms in total. The van der Waals surface area contributed by atoms with Crippen LogP contribution in [0.3, 0.4) is 0 Å². The Morgan fingerprint density at radius 2 is 2.31 bits per heavy atom. The molecule has 1 heterocycles. The van der Waals surface area contributed by atoms with E-state index >= 15 is 0 Å². The highest BCUT2D eigenvalue weighted by Crippen LogP contribution is 2.16. The second-order valence-electron chi connectivity index (χ2n) is 3.91. The van der Waals surface area contributed by atoms with E-state index in [-0.39, 0.29) is 0 Å². The van der Waals surface area contributed by atoms with Gasteiger partial charge in [0.25, 0.3) is 0 Å². The molecule has 0 aliphatic carbocycles. The van der Waals surface area contributed by atoms with Crippen molar-refractivity contribution < 1.29 is 9.90 Å². The summed E-state index contributed by atoms with van der Waals surface area (Å²) in [6.45, 7) is 2.59. The van der Waals surface area contributed by atoms with Crippen molar-refractivity contribution in [3.63, 3.8) is 0 Å². The molecular weight excluding hydrogens is 224 g/mol. The number of hydrogen-bond acceptors (Lipinski definition) is 4. The fourth-order valence-corrected chi connectivity index (χ4v) is 2.17. The SMILES string of the molecule is CN(C)CCCNCc1ccsc1C(=O)O. The average Bonchev–Trinajstić information content (AvgIpc) is 2.65.